The molecule has 1 saturated heterocycles. The number of anilines is 2. The summed E-state index contributed by atoms with van der Waals surface area (Å²) in [6.07, 6.45) is -1.07. The first-order valence-electron chi connectivity index (χ1n) is 10.4. The van der Waals surface area contributed by atoms with Crippen LogP contribution in [-0.2, 0) is 27.9 Å². The molecule has 0 saturated carbocycles. The second-order valence-corrected chi connectivity index (χ2v) is 8.93. The van der Waals surface area contributed by atoms with Crippen molar-refractivity contribution in [2.45, 2.75) is 37.6 Å². The predicted molar refractivity (Wildman–Crippen MR) is 119 cm³/mol. The van der Waals surface area contributed by atoms with E-state index in [1.54, 1.807) is 18.3 Å². The molecule has 1 aromatic carbocycles. The summed E-state index contributed by atoms with van der Waals surface area (Å²) in [6, 6.07) is 6.15. The number of nitrogens with zero attached hydrogens (tertiary/aromatic N) is 3. The third-order valence-corrected chi connectivity index (χ3v) is 6.56. The maximum atomic E-state index is 13.0. The molecule has 180 valence electrons. The van der Waals surface area contributed by atoms with Gasteiger partial charge in [0.15, 0.2) is 0 Å². The maximum absolute atomic E-state index is 13.0. The van der Waals surface area contributed by atoms with E-state index in [9.17, 15) is 23.1 Å². The summed E-state index contributed by atoms with van der Waals surface area (Å²) in [5.41, 5.74) is -0.275. The number of methoxy groups -OCH3 is 1. The van der Waals surface area contributed by atoms with E-state index in [1.807, 2.05) is 6.07 Å². The number of benzene rings is 1. The van der Waals surface area contributed by atoms with Crippen molar-refractivity contribution in [3.05, 3.63) is 52.9 Å². The van der Waals surface area contributed by atoms with Crippen LogP contribution in [-0.4, -0.2) is 39.6 Å². The van der Waals surface area contributed by atoms with Gasteiger partial charge in [0.25, 0.3) is 0 Å². The number of amides is 1. The Morgan fingerprint density at radius 1 is 1.26 bits per heavy atom. The number of rotatable bonds is 6. The lowest BCUT2D eigenvalue weighted by Gasteiger charge is -2.22. The zero-order valence-corrected chi connectivity index (χ0v) is 19.0. The van der Waals surface area contributed by atoms with E-state index in [2.05, 4.69) is 25.6 Å². The average molecular weight is 494 g/mol. The van der Waals surface area contributed by atoms with Gasteiger partial charge in [-0.05, 0) is 41.8 Å². The van der Waals surface area contributed by atoms with Crippen molar-refractivity contribution in [3.63, 3.8) is 0 Å². The molecule has 3 N–H and O–H groups in total. The van der Waals surface area contributed by atoms with Crippen molar-refractivity contribution in [3.8, 4) is 10.4 Å². The monoisotopic (exact) mass is 493 g/mol. The number of hydrogen-bond donors (Lipinski definition) is 3. The summed E-state index contributed by atoms with van der Waals surface area (Å²) in [4.78, 5) is 24.3. The van der Waals surface area contributed by atoms with Crippen LogP contribution in [0.2, 0.25) is 0 Å². The van der Waals surface area contributed by atoms with Crippen LogP contribution in [0, 0.1) is 0 Å². The van der Waals surface area contributed by atoms with Crippen molar-refractivity contribution in [2.75, 3.05) is 19.0 Å². The van der Waals surface area contributed by atoms with Gasteiger partial charge in [0.2, 0.25) is 11.9 Å². The minimum absolute atomic E-state index is 0.104. The van der Waals surface area contributed by atoms with Gasteiger partial charge in [0.1, 0.15) is 16.3 Å². The Kier molecular flexibility index (Phi) is 6.82. The van der Waals surface area contributed by atoms with Gasteiger partial charge in [-0.1, -0.05) is 0 Å². The summed E-state index contributed by atoms with van der Waals surface area (Å²) >= 11 is 1.30. The highest BCUT2D eigenvalue weighted by atomic mass is 32.1. The number of aliphatic hydroxyl groups is 1. The highest BCUT2D eigenvalue weighted by molar-refractivity contribution is 7.15. The lowest BCUT2D eigenvalue weighted by atomic mass is 9.96. The molecule has 1 fully saturated rings. The number of nitrogens with one attached hydrogen (secondary N) is 2. The topological polar surface area (TPSA) is 109 Å². The summed E-state index contributed by atoms with van der Waals surface area (Å²) in [6.45, 7) is 0.633. The minimum atomic E-state index is -4.58. The Morgan fingerprint density at radius 3 is 2.85 bits per heavy atom. The van der Waals surface area contributed by atoms with Crippen LogP contribution < -0.4 is 10.6 Å². The molecule has 4 rings (SSSR count). The third-order valence-electron chi connectivity index (χ3n) is 5.32. The molecule has 1 aliphatic rings. The normalized spacial score (nSPS) is 18.9. The second kappa shape index (κ2) is 9.65. The molecule has 8 nitrogen and oxygen atoms in total. The zero-order valence-electron chi connectivity index (χ0n) is 18.1. The van der Waals surface area contributed by atoms with Crippen LogP contribution in [0.25, 0.3) is 10.4 Å². The Hall–Kier alpha value is -3.09. The highest BCUT2D eigenvalue weighted by Crippen LogP contribution is 2.38. The van der Waals surface area contributed by atoms with E-state index in [-0.39, 0.29) is 31.3 Å². The fourth-order valence-corrected chi connectivity index (χ4v) is 4.69. The second-order valence-electron chi connectivity index (χ2n) is 7.90. The summed E-state index contributed by atoms with van der Waals surface area (Å²) < 4.78 is 44.3. The van der Waals surface area contributed by atoms with Gasteiger partial charge in [-0.25, -0.2) is 15.0 Å². The van der Waals surface area contributed by atoms with E-state index in [4.69, 9.17) is 4.74 Å². The summed E-state index contributed by atoms with van der Waals surface area (Å²) in [5.74, 6) is -0.294. The zero-order chi connectivity index (χ0) is 24.3. The van der Waals surface area contributed by atoms with Gasteiger partial charge in [0, 0.05) is 44.6 Å². The fourth-order valence-electron chi connectivity index (χ4n) is 3.64. The van der Waals surface area contributed by atoms with Crippen molar-refractivity contribution < 1.29 is 27.8 Å². The molecule has 0 bridgehead atoms. The van der Waals surface area contributed by atoms with Crippen LogP contribution in [0.15, 0.2) is 36.7 Å². The minimum Gasteiger partial charge on any atom is -0.383 e. The molecular formula is C22H22F3N5O3S. The van der Waals surface area contributed by atoms with E-state index >= 15 is 0 Å². The SMILES string of the molecule is COCc1cc(Nc2nccc(C(F)(F)F)n2)cc(-c2cnc([C@@]3(O)CCNC(=O)CC3)s2)c1. The molecule has 1 amide bonds. The third kappa shape index (κ3) is 5.51. The molecule has 3 aromatic rings. The average Bonchev–Trinajstić information content (AvgIpc) is 3.22. The number of halogens is 3. The van der Waals surface area contributed by atoms with Gasteiger partial charge in [0.05, 0.1) is 11.5 Å². The number of thiazole rings is 1. The molecule has 0 spiro atoms. The molecule has 2 aromatic heterocycles. The van der Waals surface area contributed by atoms with Crippen LogP contribution in [0.5, 0.6) is 0 Å². The first kappa shape index (κ1) is 24.0. The number of hydrogen-bond acceptors (Lipinski definition) is 8. The Labute approximate surface area is 197 Å². The molecule has 1 aliphatic heterocycles. The molecule has 3 heterocycles. The maximum Gasteiger partial charge on any atom is 0.433 e. The summed E-state index contributed by atoms with van der Waals surface area (Å²) in [7, 11) is 1.54. The highest BCUT2D eigenvalue weighted by Gasteiger charge is 2.35. The van der Waals surface area contributed by atoms with Gasteiger partial charge in [-0.3, -0.25) is 4.79 Å². The number of aromatic nitrogens is 3. The van der Waals surface area contributed by atoms with Crippen LogP contribution in [0.3, 0.4) is 0 Å². The Balaban J connectivity index is 1.64. The molecule has 12 heteroatoms. The molecule has 0 aliphatic carbocycles. The van der Waals surface area contributed by atoms with Crippen LogP contribution in [0.4, 0.5) is 24.8 Å². The Bertz CT molecular complexity index is 1190. The Morgan fingerprint density at radius 2 is 2.09 bits per heavy atom. The lowest BCUT2D eigenvalue weighted by molar-refractivity contribution is -0.141. The standard InChI is InChI=1S/C22H22F3N5O3S/c1-33-12-13-8-14(10-15(9-13)29-20-27-6-3-17(30-20)22(23,24)25)16-11-28-19(34-16)21(32)4-2-18(31)26-7-5-21/h3,6,8-11,32H,2,4-5,7,12H2,1H3,(H,26,31)(H,27,29,30)/t21-/m0/s1. The van der Waals surface area contributed by atoms with E-state index in [1.165, 1.54) is 18.4 Å². The van der Waals surface area contributed by atoms with E-state index in [0.29, 0.717) is 23.7 Å². The van der Waals surface area contributed by atoms with Gasteiger partial charge < -0.3 is 20.5 Å². The van der Waals surface area contributed by atoms with Gasteiger partial charge in [-0.15, -0.1) is 11.3 Å². The number of alkyl halides is 3. The first-order valence-corrected chi connectivity index (χ1v) is 11.2. The fraction of sp³-hybridized carbons (Fsp3) is 0.364. The number of carbonyl (C=O) groups excluding carboxylic acids is 1. The molecule has 34 heavy (non-hydrogen) atoms. The summed E-state index contributed by atoms with van der Waals surface area (Å²) in [5, 5.41) is 17.2. The number of carbonyl (C=O) groups is 1. The molecular weight excluding hydrogens is 471 g/mol. The van der Waals surface area contributed by atoms with Crippen molar-refractivity contribution in [2.24, 2.45) is 0 Å². The van der Waals surface area contributed by atoms with Gasteiger partial charge >= 0.3 is 6.18 Å². The van der Waals surface area contributed by atoms with Crippen molar-refractivity contribution in [1.82, 2.24) is 20.3 Å². The molecule has 0 unspecified atom stereocenters. The van der Waals surface area contributed by atoms with Crippen LogP contribution >= 0.6 is 11.3 Å². The van der Waals surface area contributed by atoms with Crippen LogP contribution in [0.1, 0.15) is 35.5 Å². The first-order chi connectivity index (χ1) is 16.2. The predicted octanol–water partition coefficient (Wildman–Crippen LogP) is 4.00. The van der Waals surface area contributed by atoms with E-state index in [0.717, 1.165) is 28.3 Å². The molecule has 0 radical (unpaired) electrons. The lowest BCUT2D eigenvalue weighted by Crippen LogP contribution is -2.27. The largest absolute Gasteiger partial charge is 0.433 e. The van der Waals surface area contributed by atoms with Crippen molar-refractivity contribution in [1.29, 1.82) is 0 Å². The van der Waals surface area contributed by atoms with E-state index < -0.39 is 17.5 Å². The van der Waals surface area contributed by atoms with Gasteiger partial charge in [-0.2, -0.15) is 13.2 Å². The number of ether oxygens (including phenoxy) is 1. The quantitative estimate of drug-likeness (QED) is 0.476. The molecule has 1 atom stereocenters. The smallest absolute Gasteiger partial charge is 0.383 e. The van der Waals surface area contributed by atoms with Crippen molar-refractivity contribution >= 4 is 28.9 Å².